The van der Waals surface area contributed by atoms with Crippen LogP contribution in [-0.2, 0) is 6.61 Å². The first-order valence-electron chi connectivity index (χ1n) is 6.16. The van der Waals surface area contributed by atoms with Crippen LogP contribution in [0, 0.1) is 5.82 Å². The lowest BCUT2D eigenvalue weighted by Gasteiger charge is -2.07. The van der Waals surface area contributed by atoms with Crippen molar-refractivity contribution in [3.05, 3.63) is 66.1 Å². The van der Waals surface area contributed by atoms with Crippen molar-refractivity contribution < 1.29 is 9.50 Å². The Morgan fingerprint density at radius 2 is 1.70 bits per heavy atom. The van der Waals surface area contributed by atoms with Crippen molar-refractivity contribution in [3.63, 3.8) is 0 Å². The van der Waals surface area contributed by atoms with Crippen LogP contribution in [0.25, 0.3) is 16.9 Å². The number of halogens is 1. The van der Waals surface area contributed by atoms with Gasteiger partial charge in [0.15, 0.2) is 0 Å². The first kappa shape index (κ1) is 12.5. The van der Waals surface area contributed by atoms with Gasteiger partial charge in [0, 0.05) is 5.56 Å². The second kappa shape index (κ2) is 5.22. The number of hydrogen-bond acceptors (Lipinski definition) is 3. The molecule has 0 unspecified atom stereocenters. The maximum Gasteiger partial charge on any atom is 0.123 e. The number of aliphatic hydroxyl groups excluding tert-OH is 1. The number of hydrogen-bond donors (Lipinski definition) is 1. The van der Waals surface area contributed by atoms with Gasteiger partial charge in [0.05, 0.1) is 12.3 Å². The molecule has 3 aromatic rings. The minimum atomic E-state index is -0.308. The highest BCUT2D eigenvalue weighted by Crippen LogP contribution is 2.25. The molecule has 0 fully saturated rings. The highest BCUT2D eigenvalue weighted by Gasteiger charge is 2.15. The summed E-state index contributed by atoms with van der Waals surface area (Å²) in [5.41, 5.74) is 2.78. The molecule has 5 heteroatoms. The van der Waals surface area contributed by atoms with E-state index in [0.717, 1.165) is 5.56 Å². The third-order valence-electron chi connectivity index (χ3n) is 3.01. The second-order valence-electron chi connectivity index (χ2n) is 4.30. The zero-order valence-electron chi connectivity index (χ0n) is 10.6. The summed E-state index contributed by atoms with van der Waals surface area (Å²) in [4.78, 5) is 0. The van der Waals surface area contributed by atoms with Crippen LogP contribution in [0.4, 0.5) is 4.39 Å². The van der Waals surface area contributed by atoms with Crippen molar-refractivity contribution in [2.24, 2.45) is 0 Å². The Kier molecular flexibility index (Phi) is 3.26. The van der Waals surface area contributed by atoms with Crippen LogP contribution in [0.15, 0.2) is 54.6 Å². The van der Waals surface area contributed by atoms with Gasteiger partial charge in [-0.1, -0.05) is 35.5 Å². The first-order valence-corrected chi connectivity index (χ1v) is 6.16. The van der Waals surface area contributed by atoms with E-state index in [9.17, 15) is 9.50 Å². The number of rotatable bonds is 3. The number of benzene rings is 2. The van der Waals surface area contributed by atoms with Crippen molar-refractivity contribution in [2.75, 3.05) is 0 Å². The van der Waals surface area contributed by atoms with E-state index in [1.807, 2.05) is 30.3 Å². The maximum atomic E-state index is 13.0. The molecular formula is C15H12FN3O. The van der Waals surface area contributed by atoms with Gasteiger partial charge in [0.25, 0.3) is 0 Å². The monoisotopic (exact) mass is 269 g/mol. The molecule has 0 aliphatic rings. The second-order valence-corrected chi connectivity index (χ2v) is 4.30. The molecule has 0 saturated heterocycles. The Morgan fingerprint density at radius 1 is 1.00 bits per heavy atom. The van der Waals surface area contributed by atoms with Crippen LogP contribution in [0.3, 0.4) is 0 Å². The van der Waals surface area contributed by atoms with Gasteiger partial charge in [0.2, 0.25) is 0 Å². The minimum Gasteiger partial charge on any atom is -0.390 e. The van der Waals surface area contributed by atoms with Crippen LogP contribution in [-0.4, -0.2) is 20.1 Å². The van der Waals surface area contributed by atoms with Crippen molar-refractivity contribution >= 4 is 0 Å². The molecule has 0 spiro atoms. The summed E-state index contributed by atoms with van der Waals surface area (Å²) in [6.45, 7) is -0.203. The van der Waals surface area contributed by atoms with E-state index in [1.165, 1.54) is 12.1 Å². The van der Waals surface area contributed by atoms with Gasteiger partial charge in [-0.3, -0.25) is 0 Å². The van der Waals surface area contributed by atoms with E-state index >= 15 is 0 Å². The van der Waals surface area contributed by atoms with E-state index in [0.29, 0.717) is 17.1 Å². The molecule has 1 heterocycles. The largest absolute Gasteiger partial charge is 0.390 e. The highest BCUT2D eigenvalue weighted by molar-refractivity contribution is 5.64. The third kappa shape index (κ3) is 2.19. The molecule has 100 valence electrons. The van der Waals surface area contributed by atoms with Crippen LogP contribution < -0.4 is 0 Å². The van der Waals surface area contributed by atoms with Gasteiger partial charge in [-0.2, -0.15) is 0 Å². The summed E-state index contributed by atoms with van der Waals surface area (Å²) in [7, 11) is 0. The van der Waals surface area contributed by atoms with Gasteiger partial charge in [-0.05, 0) is 24.3 Å². The first-order chi connectivity index (χ1) is 9.79. The molecule has 0 aliphatic carbocycles. The van der Waals surface area contributed by atoms with Crippen molar-refractivity contribution in [3.8, 4) is 16.9 Å². The lowest BCUT2D eigenvalue weighted by Crippen LogP contribution is -2.00. The number of aromatic nitrogens is 3. The van der Waals surface area contributed by atoms with E-state index in [-0.39, 0.29) is 12.4 Å². The molecule has 1 aromatic heterocycles. The van der Waals surface area contributed by atoms with E-state index in [2.05, 4.69) is 10.3 Å². The van der Waals surface area contributed by atoms with Gasteiger partial charge in [-0.25, -0.2) is 9.07 Å². The van der Waals surface area contributed by atoms with Crippen LogP contribution in [0.2, 0.25) is 0 Å². The molecule has 20 heavy (non-hydrogen) atoms. The van der Waals surface area contributed by atoms with Crippen molar-refractivity contribution in [1.82, 2.24) is 15.0 Å². The summed E-state index contributed by atoms with van der Waals surface area (Å²) < 4.78 is 14.6. The Labute approximate surface area is 115 Å². The van der Waals surface area contributed by atoms with Crippen LogP contribution >= 0.6 is 0 Å². The van der Waals surface area contributed by atoms with E-state index < -0.39 is 0 Å². The third-order valence-corrected chi connectivity index (χ3v) is 3.01. The molecule has 1 N–H and O–H groups in total. The zero-order chi connectivity index (χ0) is 13.9. The molecule has 4 nitrogen and oxygen atoms in total. The van der Waals surface area contributed by atoms with Crippen molar-refractivity contribution in [1.29, 1.82) is 0 Å². The molecule has 2 aromatic carbocycles. The molecule has 0 aliphatic heterocycles. The SMILES string of the molecule is OCc1nnn(-c2ccc(F)cc2)c1-c1ccccc1. The summed E-state index contributed by atoms with van der Waals surface area (Å²) in [6.07, 6.45) is 0. The predicted octanol–water partition coefficient (Wildman–Crippen LogP) is 2.57. The molecule has 0 atom stereocenters. The average molecular weight is 269 g/mol. The quantitative estimate of drug-likeness (QED) is 0.795. The Balaban J connectivity index is 2.17. The molecule has 3 rings (SSSR count). The number of nitrogens with zero attached hydrogens (tertiary/aromatic N) is 3. The fourth-order valence-electron chi connectivity index (χ4n) is 2.07. The lowest BCUT2D eigenvalue weighted by atomic mass is 10.1. The molecule has 0 radical (unpaired) electrons. The van der Waals surface area contributed by atoms with Crippen molar-refractivity contribution in [2.45, 2.75) is 6.61 Å². The van der Waals surface area contributed by atoms with Crippen LogP contribution in [0.1, 0.15) is 5.69 Å². The van der Waals surface area contributed by atoms with Gasteiger partial charge < -0.3 is 5.11 Å². The fourth-order valence-corrected chi connectivity index (χ4v) is 2.07. The zero-order valence-corrected chi connectivity index (χ0v) is 10.6. The lowest BCUT2D eigenvalue weighted by molar-refractivity contribution is 0.277. The topological polar surface area (TPSA) is 50.9 Å². The fraction of sp³-hybridized carbons (Fsp3) is 0.0667. The molecule has 0 saturated carbocycles. The Morgan fingerprint density at radius 3 is 2.35 bits per heavy atom. The Bertz CT molecular complexity index is 708. The van der Waals surface area contributed by atoms with E-state index in [1.54, 1.807) is 16.8 Å². The molecular weight excluding hydrogens is 257 g/mol. The smallest absolute Gasteiger partial charge is 0.123 e. The predicted molar refractivity (Wildman–Crippen MR) is 72.7 cm³/mol. The van der Waals surface area contributed by atoms with Gasteiger partial charge in [0.1, 0.15) is 17.2 Å². The molecule has 0 bridgehead atoms. The normalized spacial score (nSPS) is 10.7. The summed E-state index contributed by atoms with van der Waals surface area (Å²) in [5.74, 6) is -0.308. The van der Waals surface area contributed by atoms with Gasteiger partial charge >= 0.3 is 0 Å². The summed E-state index contributed by atoms with van der Waals surface area (Å²) >= 11 is 0. The standard InChI is InChI=1S/C15H12FN3O/c16-12-6-8-13(9-7-12)19-15(14(10-20)17-18-19)11-4-2-1-3-5-11/h1-9,20H,10H2. The summed E-state index contributed by atoms with van der Waals surface area (Å²) in [6, 6.07) is 15.5. The van der Waals surface area contributed by atoms with Gasteiger partial charge in [-0.15, -0.1) is 5.10 Å². The Hall–Kier alpha value is -2.53. The van der Waals surface area contributed by atoms with E-state index in [4.69, 9.17) is 0 Å². The number of aliphatic hydroxyl groups is 1. The average Bonchev–Trinajstić information content (AvgIpc) is 2.93. The maximum absolute atomic E-state index is 13.0. The van der Waals surface area contributed by atoms with Crippen LogP contribution in [0.5, 0.6) is 0 Å². The summed E-state index contributed by atoms with van der Waals surface area (Å²) in [5, 5.41) is 17.4. The molecule has 0 amide bonds. The highest BCUT2D eigenvalue weighted by atomic mass is 19.1. The minimum absolute atomic E-state index is 0.203.